The molecule has 22 heavy (non-hydrogen) atoms. The van der Waals surface area contributed by atoms with Gasteiger partial charge in [0.2, 0.25) is 0 Å². The van der Waals surface area contributed by atoms with Gasteiger partial charge in [-0.1, -0.05) is 48.5 Å². The van der Waals surface area contributed by atoms with Gasteiger partial charge in [0, 0.05) is 6.54 Å². The molecule has 0 heterocycles. The molecule has 0 aliphatic heterocycles. The van der Waals surface area contributed by atoms with Crippen molar-refractivity contribution in [1.29, 1.82) is 0 Å². The molecule has 0 aliphatic rings. The molecule has 118 valence electrons. The van der Waals surface area contributed by atoms with Crippen LogP contribution in [0.2, 0.25) is 0 Å². The highest BCUT2D eigenvalue weighted by molar-refractivity contribution is 5.33. The van der Waals surface area contributed by atoms with E-state index in [1.165, 1.54) is 11.1 Å². The van der Waals surface area contributed by atoms with Gasteiger partial charge in [-0.2, -0.15) is 0 Å². The normalized spacial score (nSPS) is 10.9. The van der Waals surface area contributed by atoms with Gasteiger partial charge in [0.25, 0.3) is 0 Å². The third-order valence-corrected chi connectivity index (χ3v) is 3.73. The molecule has 2 aromatic carbocycles. The summed E-state index contributed by atoms with van der Waals surface area (Å²) < 4.78 is 5.96. The second-order valence-electron chi connectivity index (χ2n) is 5.95. The van der Waals surface area contributed by atoms with E-state index in [9.17, 15) is 0 Å². The van der Waals surface area contributed by atoms with Crippen molar-refractivity contribution in [3.8, 4) is 5.75 Å². The number of hydrogen-bond acceptors (Lipinski definition) is 2. The predicted molar refractivity (Wildman–Crippen MR) is 93.6 cm³/mol. The second-order valence-corrected chi connectivity index (χ2v) is 5.95. The second kappa shape index (κ2) is 9.26. The zero-order valence-electron chi connectivity index (χ0n) is 13.8. The van der Waals surface area contributed by atoms with Crippen molar-refractivity contribution in [3.05, 3.63) is 65.7 Å². The molecule has 0 spiro atoms. The van der Waals surface area contributed by atoms with Crippen LogP contribution in [0.1, 0.15) is 24.0 Å². The zero-order valence-corrected chi connectivity index (χ0v) is 13.8. The highest BCUT2D eigenvalue weighted by atomic mass is 16.5. The first-order chi connectivity index (χ1) is 10.8. The van der Waals surface area contributed by atoms with Crippen molar-refractivity contribution >= 4 is 0 Å². The maximum Gasteiger partial charge on any atom is 0.122 e. The van der Waals surface area contributed by atoms with E-state index in [0.29, 0.717) is 0 Å². The maximum atomic E-state index is 5.96. The summed E-state index contributed by atoms with van der Waals surface area (Å²) in [5.41, 5.74) is 2.73. The molecule has 0 amide bonds. The molecular weight excluding hydrogens is 270 g/mol. The van der Waals surface area contributed by atoms with E-state index in [4.69, 9.17) is 4.74 Å². The minimum atomic E-state index is 0.786. The molecule has 0 aromatic heterocycles. The molecule has 0 bridgehead atoms. The van der Waals surface area contributed by atoms with Crippen molar-refractivity contribution < 1.29 is 4.74 Å². The molecule has 0 atom stereocenters. The van der Waals surface area contributed by atoms with Gasteiger partial charge in [0.15, 0.2) is 0 Å². The van der Waals surface area contributed by atoms with Gasteiger partial charge >= 0.3 is 0 Å². The highest BCUT2D eigenvalue weighted by Crippen LogP contribution is 2.20. The Morgan fingerprint density at radius 2 is 1.55 bits per heavy atom. The summed E-state index contributed by atoms with van der Waals surface area (Å²) in [4.78, 5) is 2.19. The van der Waals surface area contributed by atoms with Gasteiger partial charge in [-0.25, -0.2) is 0 Å². The molecule has 0 aliphatic carbocycles. The van der Waals surface area contributed by atoms with Crippen LogP contribution in [0, 0.1) is 0 Å². The summed E-state index contributed by atoms with van der Waals surface area (Å²) >= 11 is 0. The van der Waals surface area contributed by atoms with Crippen molar-refractivity contribution in [1.82, 2.24) is 4.90 Å². The number of ether oxygens (including phenoxy) is 1. The molecule has 0 N–H and O–H groups in total. The topological polar surface area (TPSA) is 12.5 Å². The van der Waals surface area contributed by atoms with Crippen molar-refractivity contribution in [2.75, 3.05) is 27.2 Å². The van der Waals surface area contributed by atoms with Gasteiger partial charge in [0.05, 0.1) is 6.61 Å². The quantitative estimate of drug-likeness (QED) is 0.643. The molecule has 2 aromatic rings. The van der Waals surface area contributed by atoms with E-state index in [0.717, 1.165) is 44.6 Å². The summed E-state index contributed by atoms with van der Waals surface area (Å²) in [5.74, 6) is 1.05. The zero-order chi connectivity index (χ0) is 15.6. The van der Waals surface area contributed by atoms with Crippen molar-refractivity contribution in [2.45, 2.75) is 25.7 Å². The number of benzene rings is 2. The number of aryl methyl sites for hydroxylation is 2. The molecule has 0 saturated carbocycles. The Morgan fingerprint density at radius 1 is 0.818 bits per heavy atom. The minimum Gasteiger partial charge on any atom is -0.493 e. The smallest absolute Gasteiger partial charge is 0.122 e. The summed E-state index contributed by atoms with van der Waals surface area (Å²) in [5, 5.41) is 0. The van der Waals surface area contributed by atoms with E-state index >= 15 is 0 Å². The first-order valence-electron chi connectivity index (χ1n) is 8.15. The lowest BCUT2D eigenvalue weighted by molar-refractivity contribution is 0.279. The summed E-state index contributed by atoms with van der Waals surface area (Å²) in [7, 11) is 4.19. The molecule has 0 fully saturated rings. The highest BCUT2D eigenvalue weighted by Gasteiger charge is 2.03. The molecule has 2 heteroatoms. The molecular formula is C20H27NO. The summed E-state index contributed by atoms with van der Waals surface area (Å²) in [6.45, 7) is 1.85. The first-order valence-corrected chi connectivity index (χ1v) is 8.15. The van der Waals surface area contributed by atoms with Gasteiger partial charge in [-0.05, 0) is 57.0 Å². The number of hydrogen-bond donors (Lipinski definition) is 0. The van der Waals surface area contributed by atoms with Crippen LogP contribution < -0.4 is 4.74 Å². The van der Waals surface area contributed by atoms with Crippen LogP contribution in [-0.2, 0) is 12.8 Å². The fourth-order valence-corrected chi connectivity index (χ4v) is 2.54. The Hall–Kier alpha value is -1.80. The average Bonchev–Trinajstić information content (AvgIpc) is 2.54. The lowest BCUT2D eigenvalue weighted by Gasteiger charge is -2.13. The molecule has 2 rings (SSSR count). The fraction of sp³-hybridized carbons (Fsp3) is 0.400. The Morgan fingerprint density at radius 3 is 2.32 bits per heavy atom. The van der Waals surface area contributed by atoms with Crippen LogP contribution in [0.4, 0.5) is 0 Å². The standard InChI is InChI=1S/C20H27NO/c1-21(2)16-9-17-22-20-15-7-6-13-19(20)14-8-12-18-10-4-3-5-11-18/h3-7,10-11,13,15H,8-9,12,14,16-17H2,1-2H3. The average molecular weight is 297 g/mol. The molecule has 0 radical (unpaired) electrons. The number of rotatable bonds is 9. The Bertz CT molecular complexity index is 536. The van der Waals surface area contributed by atoms with Gasteiger partial charge in [0.1, 0.15) is 5.75 Å². The van der Waals surface area contributed by atoms with Crippen LogP contribution in [0.3, 0.4) is 0 Å². The Labute approximate surface area is 134 Å². The lowest BCUT2D eigenvalue weighted by atomic mass is 10.0. The van der Waals surface area contributed by atoms with Crippen molar-refractivity contribution in [3.63, 3.8) is 0 Å². The van der Waals surface area contributed by atoms with Crippen LogP contribution in [0.25, 0.3) is 0 Å². The van der Waals surface area contributed by atoms with E-state index in [-0.39, 0.29) is 0 Å². The third-order valence-electron chi connectivity index (χ3n) is 3.73. The third kappa shape index (κ3) is 5.90. The van der Waals surface area contributed by atoms with Crippen LogP contribution in [-0.4, -0.2) is 32.1 Å². The van der Waals surface area contributed by atoms with E-state index in [1.807, 2.05) is 0 Å². The van der Waals surface area contributed by atoms with Gasteiger partial charge in [-0.3, -0.25) is 0 Å². The fourth-order valence-electron chi connectivity index (χ4n) is 2.54. The lowest BCUT2D eigenvalue weighted by Crippen LogP contribution is -2.15. The minimum absolute atomic E-state index is 0.786. The van der Waals surface area contributed by atoms with E-state index < -0.39 is 0 Å². The molecule has 2 nitrogen and oxygen atoms in total. The summed E-state index contributed by atoms with van der Waals surface area (Å²) in [6, 6.07) is 19.1. The van der Waals surface area contributed by atoms with Crippen LogP contribution >= 0.6 is 0 Å². The largest absolute Gasteiger partial charge is 0.493 e. The van der Waals surface area contributed by atoms with Gasteiger partial charge < -0.3 is 9.64 Å². The maximum absolute atomic E-state index is 5.96. The molecule has 0 saturated heterocycles. The monoisotopic (exact) mass is 297 g/mol. The van der Waals surface area contributed by atoms with Crippen molar-refractivity contribution in [2.24, 2.45) is 0 Å². The number of para-hydroxylation sites is 1. The Kier molecular flexibility index (Phi) is 6.98. The Balaban J connectivity index is 1.80. The first kappa shape index (κ1) is 16.6. The molecule has 0 unspecified atom stereocenters. The predicted octanol–water partition coefficient (Wildman–Crippen LogP) is 4.19. The van der Waals surface area contributed by atoms with Crippen LogP contribution in [0.5, 0.6) is 5.75 Å². The van der Waals surface area contributed by atoms with E-state index in [1.54, 1.807) is 0 Å². The van der Waals surface area contributed by atoms with E-state index in [2.05, 4.69) is 73.6 Å². The van der Waals surface area contributed by atoms with Gasteiger partial charge in [-0.15, -0.1) is 0 Å². The van der Waals surface area contributed by atoms with Crippen LogP contribution in [0.15, 0.2) is 54.6 Å². The SMILES string of the molecule is CN(C)CCCOc1ccccc1CCCc1ccccc1. The number of nitrogens with zero attached hydrogens (tertiary/aromatic N) is 1. The summed E-state index contributed by atoms with van der Waals surface area (Å²) in [6.07, 6.45) is 4.40.